The molecular weight excluding hydrogens is 214 g/mol. The smallest absolute Gasteiger partial charge is 0.221 e. The van der Waals surface area contributed by atoms with Crippen molar-refractivity contribution in [3.8, 4) is 0 Å². The number of amides is 1. The Kier molecular flexibility index (Phi) is 3.23. The van der Waals surface area contributed by atoms with Gasteiger partial charge in [0.1, 0.15) is 5.82 Å². The molecule has 0 spiro atoms. The number of benzene rings is 1. The van der Waals surface area contributed by atoms with Crippen LogP contribution in [0.3, 0.4) is 0 Å². The van der Waals surface area contributed by atoms with E-state index in [9.17, 15) is 4.79 Å². The highest BCUT2D eigenvalue weighted by Crippen LogP contribution is 2.12. The van der Waals surface area contributed by atoms with E-state index in [1.165, 1.54) is 0 Å². The molecule has 1 amide bonds. The predicted molar refractivity (Wildman–Crippen MR) is 65.4 cm³/mol. The Morgan fingerprint density at radius 3 is 2.65 bits per heavy atom. The molecule has 2 N–H and O–H groups in total. The summed E-state index contributed by atoms with van der Waals surface area (Å²) in [5.41, 5.74) is 7.32. The number of carbonyl (C=O) groups is 1. The third-order valence-corrected chi connectivity index (χ3v) is 2.75. The molecule has 4 heteroatoms. The predicted octanol–water partition coefficient (Wildman–Crippen LogP) is 1.27. The minimum atomic E-state index is -0.306. The van der Waals surface area contributed by atoms with Crippen molar-refractivity contribution < 1.29 is 4.79 Å². The molecule has 17 heavy (non-hydrogen) atoms. The van der Waals surface area contributed by atoms with E-state index in [0.29, 0.717) is 0 Å². The number of nitrogens with two attached hydrogens (primary N) is 1. The number of aromatic nitrogens is 2. The van der Waals surface area contributed by atoms with Gasteiger partial charge in [0.2, 0.25) is 5.91 Å². The minimum Gasteiger partial charge on any atom is -0.369 e. The molecule has 0 saturated heterocycles. The summed E-state index contributed by atoms with van der Waals surface area (Å²) in [7, 11) is 0. The summed E-state index contributed by atoms with van der Waals surface area (Å²) in [6.45, 7) is 2.67. The topological polar surface area (TPSA) is 60.9 Å². The normalized spacial score (nSPS) is 10.4. The molecule has 2 rings (SSSR count). The zero-order valence-electron chi connectivity index (χ0n) is 9.76. The molecule has 0 aliphatic carbocycles. The quantitative estimate of drug-likeness (QED) is 0.858. The SMILES string of the molecule is Cc1nccn1Cc1ccccc1CC(N)=O. The molecule has 0 aliphatic rings. The second-order valence-electron chi connectivity index (χ2n) is 4.01. The van der Waals surface area contributed by atoms with Gasteiger partial charge in [-0.05, 0) is 18.1 Å². The first-order valence-electron chi connectivity index (χ1n) is 5.49. The van der Waals surface area contributed by atoms with Crippen molar-refractivity contribution in [2.24, 2.45) is 5.73 Å². The van der Waals surface area contributed by atoms with E-state index in [1.807, 2.05) is 42.0 Å². The monoisotopic (exact) mass is 229 g/mol. The number of hydrogen-bond donors (Lipinski definition) is 1. The van der Waals surface area contributed by atoms with Crippen molar-refractivity contribution >= 4 is 5.91 Å². The van der Waals surface area contributed by atoms with E-state index in [-0.39, 0.29) is 12.3 Å². The largest absolute Gasteiger partial charge is 0.369 e. The molecule has 2 aromatic rings. The molecule has 0 radical (unpaired) electrons. The van der Waals surface area contributed by atoms with Crippen molar-refractivity contribution in [3.05, 3.63) is 53.6 Å². The van der Waals surface area contributed by atoms with Gasteiger partial charge < -0.3 is 10.3 Å². The lowest BCUT2D eigenvalue weighted by Crippen LogP contribution is -2.15. The van der Waals surface area contributed by atoms with Crippen molar-refractivity contribution in [2.75, 3.05) is 0 Å². The average Bonchev–Trinajstić information content (AvgIpc) is 2.67. The lowest BCUT2D eigenvalue weighted by Gasteiger charge is -2.09. The Labute approximate surface area is 100 Å². The molecule has 4 nitrogen and oxygen atoms in total. The maximum atomic E-state index is 11.0. The molecule has 1 aromatic heterocycles. The zero-order chi connectivity index (χ0) is 12.3. The van der Waals surface area contributed by atoms with Crippen LogP contribution in [0.2, 0.25) is 0 Å². The van der Waals surface area contributed by atoms with E-state index >= 15 is 0 Å². The third-order valence-electron chi connectivity index (χ3n) is 2.75. The van der Waals surface area contributed by atoms with Crippen molar-refractivity contribution in [3.63, 3.8) is 0 Å². The number of hydrogen-bond acceptors (Lipinski definition) is 2. The summed E-state index contributed by atoms with van der Waals surface area (Å²) in [6.07, 6.45) is 3.98. The molecule has 0 aliphatic heterocycles. The van der Waals surface area contributed by atoms with Crippen LogP contribution in [0.4, 0.5) is 0 Å². The fourth-order valence-electron chi connectivity index (χ4n) is 1.83. The van der Waals surface area contributed by atoms with Crippen LogP contribution >= 0.6 is 0 Å². The Bertz CT molecular complexity index is 531. The highest BCUT2D eigenvalue weighted by atomic mass is 16.1. The summed E-state index contributed by atoms with van der Waals surface area (Å²) in [4.78, 5) is 15.2. The van der Waals surface area contributed by atoms with E-state index in [2.05, 4.69) is 4.98 Å². The van der Waals surface area contributed by atoms with Gasteiger partial charge in [-0.1, -0.05) is 24.3 Å². The molecule has 0 fully saturated rings. The van der Waals surface area contributed by atoms with Gasteiger partial charge in [0.05, 0.1) is 6.42 Å². The van der Waals surface area contributed by atoms with Gasteiger partial charge in [0.15, 0.2) is 0 Å². The van der Waals surface area contributed by atoms with Crippen molar-refractivity contribution in [1.82, 2.24) is 9.55 Å². The van der Waals surface area contributed by atoms with Gasteiger partial charge >= 0.3 is 0 Å². The molecule has 0 bridgehead atoms. The van der Waals surface area contributed by atoms with Crippen LogP contribution < -0.4 is 5.73 Å². The third kappa shape index (κ3) is 2.72. The van der Waals surface area contributed by atoms with Crippen molar-refractivity contribution in [2.45, 2.75) is 19.9 Å². The van der Waals surface area contributed by atoms with E-state index < -0.39 is 0 Å². The van der Waals surface area contributed by atoms with Gasteiger partial charge in [0.25, 0.3) is 0 Å². The van der Waals surface area contributed by atoms with E-state index in [1.54, 1.807) is 6.20 Å². The second-order valence-corrected chi connectivity index (χ2v) is 4.01. The van der Waals surface area contributed by atoms with Crippen molar-refractivity contribution in [1.29, 1.82) is 0 Å². The van der Waals surface area contributed by atoms with E-state index in [4.69, 9.17) is 5.73 Å². The summed E-state index contributed by atoms with van der Waals surface area (Å²) < 4.78 is 2.04. The van der Waals surface area contributed by atoms with Gasteiger partial charge in [-0.2, -0.15) is 0 Å². The van der Waals surface area contributed by atoms with Crippen LogP contribution in [0.25, 0.3) is 0 Å². The van der Waals surface area contributed by atoms with E-state index in [0.717, 1.165) is 23.5 Å². The highest BCUT2D eigenvalue weighted by molar-refractivity contribution is 5.77. The lowest BCUT2D eigenvalue weighted by atomic mass is 10.0. The average molecular weight is 229 g/mol. The summed E-state index contributed by atoms with van der Waals surface area (Å²) in [5, 5.41) is 0. The molecule has 1 aromatic carbocycles. The summed E-state index contributed by atoms with van der Waals surface area (Å²) in [6, 6.07) is 7.83. The van der Waals surface area contributed by atoms with Crippen LogP contribution in [0, 0.1) is 6.92 Å². The Morgan fingerprint density at radius 2 is 2.06 bits per heavy atom. The van der Waals surface area contributed by atoms with Crippen LogP contribution in [-0.4, -0.2) is 15.5 Å². The maximum Gasteiger partial charge on any atom is 0.221 e. The summed E-state index contributed by atoms with van der Waals surface area (Å²) >= 11 is 0. The lowest BCUT2D eigenvalue weighted by molar-refractivity contribution is -0.117. The molecule has 0 atom stereocenters. The Hall–Kier alpha value is -2.10. The summed E-state index contributed by atoms with van der Waals surface area (Å²) in [5.74, 6) is 0.652. The Balaban J connectivity index is 2.26. The molecule has 88 valence electrons. The molecular formula is C13H15N3O. The first-order chi connectivity index (χ1) is 8.16. The van der Waals surface area contributed by atoms with Gasteiger partial charge in [-0.3, -0.25) is 4.79 Å². The standard InChI is InChI=1S/C13H15N3O/c1-10-15-6-7-16(10)9-12-5-3-2-4-11(12)8-13(14)17/h2-7H,8-9H2,1H3,(H2,14,17). The fourth-order valence-corrected chi connectivity index (χ4v) is 1.83. The van der Waals surface area contributed by atoms with Crippen LogP contribution in [0.1, 0.15) is 17.0 Å². The maximum absolute atomic E-state index is 11.0. The van der Waals surface area contributed by atoms with Gasteiger partial charge in [-0.15, -0.1) is 0 Å². The first kappa shape index (κ1) is 11.4. The number of imidazole rings is 1. The molecule has 0 unspecified atom stereocenters. The minimum absolute atomic E-state index is 0.282. The number of primary amides is 1. The number of nitrogens with zero attached hydrogens (tertiary/aromatic N) is 2. The van der Waals surface area contributed by atoms with Gasteiger partial charge in [0, 0.05) is 18.9 Å². The van der Waals surface area contributed by atoms with Crippen LogP contribution in [0.15, 0.2) is 36.7 Å². The fraction of sp³-hybridized carbons (Fsp3) is 0.231. The molecule has 1 heterocycles. The second kappa shape index (κ2) is 4.82. The number of rotatable bonds is 4. The number of carbonyl (C=O) groups excluding carboxylic acids is 1. The van der Waals surface area contributed by atoms with Crippen LogP contribution in [-0.2, 0) is 17.8 Å². The zero-order valence-corrected chi connectivity index (χ0v) is 9.76. The number of aryl methyl sites for hydroxylation is 1. The van der Waals surface area contributed by atoms with Gasteiger partial charge in [-0.25, -0.2) is 4.98 Å². The first-order valence-corrected chi connectivity index (χ1v) is 5.49. The highest BCUT2D eigenvalue weighted by Gasteiger charge is 2.06. The Morgan fingerprint density at radius 1 is 1.35 bits per heavy atom. The van der Waals surface area contributed by atoms with Crippen LogP contribution in [0.5, 0.6) is 0 Å². The molecule has 0 saturated carbocycles.